The van der Waals surface area contributed by atoms with E-state index in [1.807, 2.05) is 41.2 Å². The minimum atomic E-state index is -0.197. The Bertz CT molecular complexity index is 3110. The van der Waals surface area contributed by atoms with Gasteiger partial charge < -0.3 is 13.9 Å². The smallest absolute Gasteiger partial charge is 0.267 e. The van der Waals surface area contributed by atoms with Gasteiger partial charge in [-0.05, 0) is 85.6 Å². The molecule has 0 saturated carbocycles. The van der Waals surface area contributed by atoms with Gasteiger partial charge in [0, 0.05) is 67.5 Å². The SMILES string of the molecule is CC(C)(C)c1cc(-[n+]2[c-]n(-c3[c-]c(Oc4[c-]c5c(cc4)c4cc(C(C)(C)c6ccccc6)ccc4n5-c4cc(C(C)(C)C)ccn4)ccc3)cc2)cc(C(C)(C)c2ccccc2)c1.[Pt]. The van der Waals surface area contributed by atoms with Crippen molar-refractivity contribution in [3.05, 3.63) is 210 Å². The fourth-order valence-corrected chi connectivity index (χ4v) is 8.55. The van der Waals surface area contributed by atoms with Gasteiger partial charge in [0.15, 0.2) is 0 Å². The van der Waals surface area contributed by atoms with E-state index < -0.39 is 0 Å². The van der Waals surface area contributed by atoms with Crippen LogP contribution in [0, 0.1) is 18.5 Å². The number of ether oxygens (including phenoxy) is 1. The van der Waals surface area contributed by atoms with E-state index in [-0.39, 0.29) is 42.7 Å². The van der Waals surface area contributed by atoms with Gasteiger partial charge in [-0.3, -0.25) is 4.57 Å². The molecule has 0 aliphatic carbocycles. The monoisotopic (exact) mass is 1020 g/mol. The molecular weight excluding hydrogens is 964 g/mol. The number of hydrogen-bond donors (Lipinski definition) is 0. The van der Waals surface area contributed by atoms with Gasteiger partial charge in [0.05, 0.1) is 5.69 Å². The van der Waals surface area contributed by atoms with Crippen molar-refractivity contribution in [2.24, 2.45) is 0 Å². The van der Waals surface area contributed by atoms with E-state index in [2.05, 4.69) is 218 Å². The van der Waals surface area contributed by atoms with Crippen molar-refractivity contribution in [3.63, 3.8) is 0 Å². The molecule has 0 N–H and O–H groups in total. The molecule has 0 saturated heterocycles. The molecule has 0 spiro atoms. The van der Waals surface area contributed by atoms with Crippen LogP contribution in [0.25, 0.3) is 39.0 Å². The van der Waals surface area contributed by atoms with E-state index >= 15 is 0 Å². The summed E-state index contributed by atoms with van der Waals surface area (Å²) in [5.41, 5.74) is 10.9. The summed E-state index contributed by atoms with van der Waals surface area (Å²) < 4.78 is 12.9. The Morgan fingerprint density at radius 3 is 1.84 bits per heavy atom. The molecule has 6 aromatic carbocycles. The van der Waals surface area contributed by atoms with Gasteiger partial charge in [0.1, 0.15) is 5.82 Å². The van der Waals surface area contributed by atoms with Gasteiger partial charge in [-0.15, -0.1) is 29.7 Å². The zero-order chi connectivity index (χ0) is 44.3. The molecule has 64 heavy (non-hydrogen) atoms. The van der Waals surface area contributed by atoms with Crippen molar-refractivity contribution >= 4 is 21.8 Å². The molecule has 0 atom stereocenters. The number of imidazole rings is 1. The summed E-state index contributed by atoms with van der Waals surface area (Å²) in [7, 11) is 0. The summed E-state index contributed by atoms with van der Waals surface area (Å²) >= 11 is 0. The second-order valence-electron chi connectivity index (χ2n) is 19.9. The second kappa shape index (κ2) is 16.8. The van der Waals surface area contributed by atoms with Crippen molar-refractivity contribution in [1.29, 1.82) is 0 Å². The molecule has 6 heteroatoms. The molecule has 0 unspecified atom stereocenters. The Kier molecular flexibility index (Phi) is 11.7. The third-order valence-corrected chi connectivity index (χ3v) is 12.8. The second-order valence-corrected chi connectivity index (χ2v) is 19.9. The van der Waals surface area contributed by atoms with Gasteiger partial charge in [-0.2, -0.15) is 18.2 Å². The molecule has 0 fully saturated rings. The molecule has 9 rings (SSSR count). The molecule has 0 aliphatic rings. The number of pyridine rings is 1. The fourth-order valence-electron chi connectivity index (χ4n) is 8.55. The normalized spacial score (nSPS) is 12.4. The Morgan fingerprint density at radius 1 is 0.531 bits per heavy atom. The van der Waals surface area contributed by atoms with Crippen LogP contribution in [-0.2, 0) is 42.7 Å². The molecule has 3 aromatic heterocycles. The van der Waals surface area contributed by atoms with Crippen LogP contribution >= 0.6 is 0 Å². The minimum Gasteiger partial charge on any atom is -0.510 e. The average Bonchev–Trinajstić information content (AvgIpc) is 3.90. The summed E-state index contributed by atoms with van der Waals surface area (Å²) in [6.07, 6.45) is 9.55. The Morgan fingerprint density at radius 2 is 1.17 bits per heavy atom. The molecule has 326 valence electrons. The molecule has 0 aliphatic heterocycles. The van der Waals surface area contributed by atoms with Crippen LogP contribution in [0.1, 0.15) is 103 Å². The van der Waals surface area contributed by atoms with Gasteiger partial charge in [-0.1, -0.05) is 154 Å². The van der Waals surface area contributed by atoms with E-state index in [9.17, 15) is 0 Å². The van der Waals surface area contributed by atoms with Crippen LogP contribution in [0.3, 0.4) is 0 Å². The zero-order valence-electron chi connectivity index (χ0n) is 38.5. The van der Waals surface area contributed by atoms with E-state index in [1.54, 1.807) is 0 Å². The molecule has 0 amide bonds. The van der Waals surface area contributed by atoms with E-state index in [4.69, 9.17) is 9.72 Å². The Hall–Kier alpha value is -6.03. The predicted octanol–water partition coefficient (Wildman–Crippen LogP) is 13.7. The molecule has 0 bridgehead atoms. The van der Waals surface area contributed by atoms with Gasteiger partial charge in [0.2, 0.25) is 0 Å². The van der Waals surface area contributed by atoms with Crippen molar-refractivity contribution in [3.8, 4) is 28.7 Å². The van der Waals surface area contributed by atoms with Gasteiger partial charge in [-0.25, -0.2) is 4.98 Å². The van der Waals surface area contributed by atoms with Crippen LogP contribution in [0.15, 0.2) is 158 Å². The molecule has 9 aromatic rings. The molecule has 0 radical (unpaired) electrons. The Labute approximate surface area is 393 Å². The molecule has 3 heterocycles. The van der Waals surface area contributed by atoms with Crippen LogP contribution in [0.2, 0.25) is 0 Å². The number of fused-ring (bicyclic) bond motifs is 3. The summed E-state index contributed by atoms with van der Waals surface area (Å²) in [5, 5.41) is 2.23. The van der Waals surface area contributed by atoms with Crippen LogP contribution in [0.4, 0.5) is 0 Å². The molecule has 5 nitrogen and oxygen atoms in total. The third kappa shape index (κ3) is 8.51. The number of rotatable bonds is 9. The maximum absolute atomic E-state index is 6.61. The maximum atomic E-state index is 6.61. The summed E-state index contributed by atoms with van der Waals surface area (Å²) in [6, 6.07) is 56.8. The Balaban J connectivity index is 0.00000560. The predicted molar refractivity (Wildman–Crippen MR) is 257 cm³/mol. The largest absolute Gasteiger partial charge is 0.510 e. The first kappa shape index (κ1) is 44.6. The molecular formula is C58H56N4OPt-2. The first-order valence-electron chi connectivity index (χ1n) is 22.0. The minimum absolute atomic E-state index is 0. The van der Waals surface area contributed by atoms with E-state index in [0.717, 1.165) is 39.0 Å². The van der Waals surface area contributed by atoms with Crippen molar-refractivity contribution in [2.45, 2.75) is 90.9 Å². The zero-order valence-corrected chi connectivity index (χ0v) is 40.8. The van der Waals surface area contributed by atoms with Crippen LogP contribution in [-0.4, -0.2) is 14.1 Å². The summed E-state index contributed by atoms with van der Waals surface area (Å²) in [6.45, 7) is 22.7. The number of hydrogen-bond acceptors (Lipinski definition) is 2. The average molecular weight is 1020 g/mol. The topological polar surface area (TPSA) is 35.9 Å². The van der Waals surface area contributed by atoms with E-state index in [1.165, 1.54) is 33.4 Å². The van der Waals surface area contributed by atoms with Crippen molar-refractivity contribution in [1.82, 2.24) is 14.1 Å². The van der Waals surface area contributed by atoms with Crippen molar-refractivity contribution < 1.29 is 30.4 Å². The number of benzene rings is 6. The van der Waals surface area contributed by atoms with E-state index in [0.29, 0.717) is 11.5 Å². The number of aromatic nitrogens is 4. The third-order valence-electron chi connectivity index (χ3n) is 12.8. The van der Waals surface area contributed by atoms with Crippen LogP contribution < -0.4 is 9.30 Å². The quantitative estimate of drug-likeness (QED) is 0.107. The maximum Gasteiger partial charge on any atom is 0.267 e. The van der Waals surface area contributed by atoms with Crippen molar-refractivity contribution in [2.75, 3.05) is 0 Å². The van der Waals surface area contributed by atoms with Crippen LogP contribution in [0.5, 0.6) is 11.5 Å². The van der Waals surface area contributed by atoms with Gasteiger partial charge in [0.25, 0.3) is 6.33 Å². The number of nitrogens with zero attached hydrogens (tertiary/aromatic N) is 4. The standard InChI is InChI=1S/C58H56N4O.Pt/c1-55(2,3)42-28-29-59-54(36-42)62-52-27-24-43(57(7,8)40-18-13-11-14-19-40)35-51(52)50-26-25-49(38-53(50)62)63-48-23-17-22-46(37-48)60-30-31-61(39-60)47-33-44(56(4,5)6)32-45(34-47)58(9,10)41-20-15-12-16-21-41;/h11-36H,1-10H3;/q-2;. The first-order valence-corrected chi connectivity index (χ1v) is 22.0. The summed E-state index contributed by atoms with van der Waals surface area (Å²) in [4.78, 5) is 4.93. The van der Waals surface area contributed by atoms with Gasteiger partial charge >= 0.3 is 0 Å². The fraction of sp³-hybridized carbons (Fsp3) is 0.241. The first-order chi connectivity index (χ1) is 30.0. The summed E-state index contributed by atoms with van der Waals surface area (Å²) in [5.74, 6) is 2.02.